The zero-order chi connectivity index (χ0) is 19.7. The number of rotatable bonds is 4. The van der Waals surface area contributed by atoms with Crippen molar-refractivity contribution >= 4 is 18.1 Å². The average molecular weight is 396 g/mol. The lowest BCUT2D eigenvalue weighted by Gasteiger charge is -2.20. The summed E-state index contributed by atoms with van der Waals surface area (Å²) in [6.45, 7) is 1.98. The van der Waals surface area contributed by atoms with E-state index in [1.54, 1.807) is 22.9 Å². The summed E-state index contributed by atoms with van der Waals surface area (Å²) in [5.74, 6) is -0.570. The maximum Gasteiger partial charge on any atom is 0.270 e. The van der Waals surface area contributed by atoms with Crippen molar-refractivity contribution in [3.05, 3.63) is 81.6 Å². The van der Waals surface area contributed by atoms with Gasteiger partial charge in [0, 0.05) is 11.9 Å². The minimum Gasteiger partial charge on any atom is -0.344 e. The Bertz CT molecular complexity index is 1070. The Morgan fingerprint density at radius 1 is 1.14 bits per heavy atom. The number of carbonyl (C=O) groups is 1. The highest BCUT2D eigenvalue weighted by atomic mass is 32.1. The zero-order valence-corrected chi connectivity index (χ0v) is 16.5. The highest BCUT2D eigenvalue weighted by Crippen LogP contribution is 2.25. The molecule has 1 aliphatic rings. The Balaban J connectivity index is 1.57. The Hall–Kier alpha value is -2.73. The van der Waals surface area contributed by atoms with E-state index >= 15 is 0 Å². The summed E-state index contributed by atoms with van der Waals surface area (Å²) in [6.07, 6.45) is 6.30. The van der Waals surface area contributed by atoms with Crippen LogP contribution >= 0.6 is 12.2 Å². The van der Waals surface area contributed by atoms with Gasteiger partial charge in [-0.1, -0.05) is 18.2 Å². The molecule has 0 aliphatic heterocycles. The highest BCUT2D eigenvalue weighted by molar-refractivity contribution is 7.71. The molecule has 0 spiro atoms. The molecule has 1 heterocycles. The number of nitrogens with one attached hydrogen (secondary N) is 2. The van der Waals surface area contributed by atoms with E-state index in [2.05, 4.69) is 28.5 Å². The number of carbonyl (C=O) groups excluding carboxylic acids is 1. The number of benzene rings is 2. The van der Waals surface area contributed by atoms with Crippen LogP contribution in [0.2, 0.25) is 0 Å². The van der Waals surface area contributed by atoms with Gasteiger partial charge in [-0.15, -0.1) is 0 Å². The van der Waals surface area contributed by atoms with Crippen LogP contribution in [0.5, 0.6) is 0 Å². The second-order valence-electron chi connectivity index (χ2n) is 7.22. The Kier molecular flexibility index (Phi) is 5.13. The number of aromatic nitrogens is 2. The molecule has 4 nitrogen and oxygen atoms in total. The number of fused-ring (bicyclic) bond motifs is 1. The Morgan fingerprint density at radius 2 is 1.86 bits per heavy atom. The number of halogens is 1. The first kappa shape index (κ1) is 18.6. The van der Waals surface area contributed by atoms with Crippen molar-refractivity contribution in [2.24, 2.45) is 0 Å². The molecule has 4 rings (SSSR count). The number of amides is 1. The molecule has 0 saturated carbocycles. The molecule has 1 atom stereocenters. The molecule has 28 heavy (non-hydrogen) atoms. The predicted molar refractivity (Wildman–Crippen MR) is 110 cm³/mol. The first-order valence-corrected chi connectivity index (χ1v) is 9.92. The SMILES string of the molecule is CC(NC(=O)c1c[nH]c(=S)n1-c1ccc(F)cc1)c1ccc2c(c1)CCCC2. The van der Waals surface area contributed by atoms with Crippen LogP contribution in [0, 0.1) is 10.6 Å². The third-order valence-electron chi connectivity index (χ3n) is 5.31. The lowest BCUT2D eigenvalue weighted by atomic mass is 9.89. The summed E-state index contributed by atoms with van der Waals surface area (Å²) < 4.78 is 15.2. The number of H-pyrrole nitrogens is 1. The van der Waals surface area contributed by atoms with Crippen molar-refractivity contribution in [3.8, 4) is 5.69 Å². The molecule has 1 amide bonds. The smallest absolute Gasteiger partial charge is 0.270 e. The minimum absolute atomic E-state index is 0.134. The molecular weight excluding hydrogens is 373 g/mol. The van der Waals surface area contributed by atoms with Gasteiger partial charge in [-0.2, -0.15) is 0 Å². The van der Waals surface area contributed by atoms with Gasteiger partial charge in [0.05, 0.1) is 6.04 Å². The number of hydrogen-bond donors (Lipinski definition) is 2. The molecule has 1 aromatic heterocycles. The van der Waals surface area contributed by atoms with Gasteiger partial charge in [0.25, 0.3) is 5.91 Å². The highest BCUT2D eigenvalue weighted by Gasteiger charge is 2.18. The third-order valence-corrected chi connectivity index (χ3v) is 5.61. The normalized spacial score (nSPS) is 14.4. The van der Waals surface area contributed by atoms with Gasteiger partial charge in [0.1, 0.15) is 11.5 Å². The first-order chi connectivity index (χ1) is 13.5. The van der Waals surface area contributed by atoms with Crippen LogP contribution in [0.1, 0.15) is 53.0 Å². The monoisotopic (exact) mass is 395 g/mol. The summed E-state index contributed by atoms with van der Waals surface area (Å²) in [7, 11) is 0. The van der Waals surface area contributed by atoms with Gasteiger partial charge >= 0.3 is 0 Å². The molecule has 0 bridgehead atoms. The van der Waals surface area contributed by atoms with E-state index < -0.39 is 0 Å². The van der Waals surface area contributed by atoms with Crippen LogP contribution in [0.25, 0.3) is 5.69 Å². The topological polar surface area (TPSA) is 49.8 Å². The molecule has 144 valence electrons. The first-order valence-electron chi connectivity index (χ1n) is 9.52. The summed E-state index contributed by atoms with van der Waals surface area (Å²) in [5, 5.41) is 3.05. The second-order valence-corrected chi connectivity index (χ2v) is 7.61. The van der Waals surface area contributed by atoms with Crippen molar-refractivity contribution in [3.63, 3.8) is 0 Å². The van der Waals surface area contributed by atoms with Crippen molar-refractivity contribution in [1.29, 1.82) is 0 Å². The number of aryl methyl sites for hydroxylation is 2. The molecule has 1 unspecified atom stereocenters. The van der Waals surface area contributed by atoms with Gasteiger partial charge in [-0.3, -0.25) is 9.36 Å². The maximum atomic E-state index is 13.2. The zero-order valence-electron chi connectivity index (χ0n) is 15.7. The van der Waals surface area contributed by atoms with E-state index in [0.717, 1.165) is 18.4 Å². The molecule has 1 aliphatic carbocycles. The number of imidazole rings is 1. The maximum absolute atomic E-state index is 13.2. The fourth-order valence-electron chi connectivity index (χ4n) is 3.76. The molecule has 0 radical (unpaired) electrons. The van der Waals surface area contributed by atoms with Crippen LogP contribution in [0.15, 0.2) is 48.7 Å². The number of aromatic amines is 1. The van der Waals surface area contributed by atoms with Crippen molar-refractivity contribution in [2.45, 2.75) is 38.6 Å². The second kappa shape index (κ2) is 7.72. The Morgan fingerprint density at radius 3 is 2.61 bits per heavy atom. The van der Waals surface area contributed by atoms with Crippen molar-refractivity contribution in [1.82, 2.24) is 14.9 Å². The predicted octanol–water partition coefficient (Wildman–Crippen LogP) is 5.04. The fourth-order valence-corrected chi connectivity index (χ4v) is 4.02. The van der Waals surface area contributed by atoms with Gasteiger partial charge in [-0.05, 0) is 85.8 Å². The van der Waals surface area contributed by atoms with E-state index in [4.69, 9.17) is 12.2 Å². The Labute approximate surface area is 168 Å². The van der Waals surface area contributed by atoms with E-state index in [1.807, 2.05) is 6.92 Å². The van der Waals surface area contributed by atoms with Gasteiger partial charge in [0.15, 0.2) is 4.77 Å². The van der Waals surface area contributed by atoms with Crippen LogP contribution in [0.3, 0.4) is 0 Å². The number of hydrogen-bond acceptors (Lipinski definition) is 2. The largest absolute Gasteiger partial charge is 0.344 e. The summed E-state index contributed by atoms with van der Waals surface area (Å²) in [4.78, 5) is 15.8. The summed E-state index contributed by atoms with van der Waals surface area (Å²) in [6, 6.07) is 12.3. The van der Waals surface area contributed by atoms with Gasteiger partial charge in [0.2, 0.25) is 0 Å². The summed E-state index contributed by atoms with van der Waals surface area (Å²) >= 11 is 5.31. The molecule has 2 N–H and O–H groups in total. The quantitative estimate of drug-likeness (QED) is 0.608. The molecule has 2 aromatic carbocycles. The molecule has 6 heteroatoms. The molecular formula is C22H22FN3OS. The average Bonchev–Trinajstić information content (AvgIpc) is 3.09. The van der Waals surface area contributed by atoms with E-state index in [-0.39, 0.29) is 17.8 Å². The van der Waals surface area contributed by atoms with Crippen LogP contribution in [0.4, 0.5) is 4.39 Å². The standard InChI is InChI=1S/C22H22FN3OS/c1-14(16-7-6-15-4-2-3-5-17(15)12-16)25-21(27)20-13-24-22(28)26(20)19-10-8-18(23)9-11-19/h6-14H,2-5H2,1H3,(H,24,28)(H,25,27). The third kappa shape index (κ3) is 3.64. The van der Waals surface area contributed by atoms with Crippen LogP contribution in [-0.2, 0) is 12.8 Å². The minimum atomic E-state index is -0.335. The lowest BCUT2D eigenvalue weighted by Crippen LogP contribution is -2.28. The van der Waals surface area contributed by atoms with Crippen molar-refractivity contribution < 1.29 is 9.18 Å². The van der Waals surface area contributed by atoms with Crippen LogP contribution in [-0.4, -0.2) is 15.5 Å². The molecule has 0 saturated heterocycles. The number of nitrogens with zero attached hydrogens (tertiary/aromatic N) is 1. The van der Waals surface area contributed by atoms with E-state index in [1.165, 1.54) is 36.1 Å². The lowest BCUT2D eigenvalue weighted by molar-refractivity contribution is 0.0933. The molecule has 3 aromatic rings. The fraction of sp³-hybridized carbons (Fsp3) is 0.273. The van der Waals surface area contributed by atoms with Crippen molar-refractivity contribution in [2.75, 3.05) is 0 Å². The van der Waals surface area contributed by atoms with Gasteiger partial charge in [-0.25, -0.2) is 4.39 Å². The van der Waals surface area contributed by atoms with Crippen LogP contribution < -0.4 is 5.32 Å². The van der Waals surface area contributed by atoms with E-state index in [0.29, 0.717) is 16.2 Å². The van der Waals surface area contributed by atoms with E-state index in [9.17, 15) is 9.18 Å². The van der Waals surface area contributed by atoms with Gasteiger partial charge < -0.3 is 10.3 Å². The summed E-state index contributed by atoms with van der Waals surface area (Å²) in [5.41, 5.74) is 4.93. The molecule has 0 fully saturated rings.